The van der Waals surface area contributed by atoms with E-state index in [-0.39, 0.29) is 24.0 Å². The summed E-state index contributed by atoms with van der Waals surface area (Å²) in [5.41, 5.74) is 1.82. The SMILES string of the molecule is CCOC(=O)c1ccc(C(=O)N2CCC(c3ccc(NC(=O)c4cc(F)cc([N+](=O)[O-])c4)cc3)CC2)cc1. The number of halogens is 1. The summed E-state index contributed by atoms with van der Waals surface area (Å²) in [6.07, 6.45) is 1.54. The van der Waals surface area contributed by atoms with Crippen molar-refractivity contribution in [3.63, 3.8) is 0 Å². The molecule has 1 N–H and O–H groups in total. The number of carbonyl (C=O) groups excluding carboxylic acids is 3. The highest BCUT2D eigenvalue weighted by molar-refractivity contribution is 6.04. The summed E-state index contributed by atoms with van der Waals surface area (Å²) < 4.78 is 18.6. The van der Waals surface area contributed by atoms with Crippen molar-refractivity contribution < 1.29 is 28.4 Å². The number of piperidine rings is 1. The monoisotopic (exact) mass is 519 g/mol. The number of hydrogen-bond acceptors (Lipinski definition) is 6. The summed E-state index contributed by atoms with van der Waals surface area (Å²) >= 11 is 0. The van der Waals surface area contributed by atoms with E-state index in [9.17, 15) is 28.9 Å². The lowest BCUT2D eigenvalue weighted by Gasteiger charge is -2.32. The number of nitrogens with one attached hydrogen (secondary N) is 1. The van der Waals surface area contributed by atoms with E-state index in [1.54, 1.807) is 48.2 Å². The van der Waals surface area contributed by atoms with E-state index < -0.39 is 28.3 Å². The lowest BCUT2D eigenvalue weighted by Crippen LogP contribution is -2.37. The lowest BCUT2D eigenvalue weighted by molar-refractivity contribution is -0.385. The molecule has 1 heterocycles. The first kappa shape index (κ1) is 26.5. The molecule has 0 bridgehead atoms. The standard InChI is InChI=1S/C28H26FN3O6/c1-2-38-28(35)21-5-3-20(4-6-21)27(34)31-13-11-19(12-14-31)18-7-9-24(10-8-18)30-26(33)22-15-23(29)17-25(16-22)32(36)37/h3-10,15-17,19H,2,11-14H2,1H3,(H,30,33). The zero-order valence-electron chi connectivity index (χ0n) is 20.7. The molecule has 4 rings (SSSR count). The Morgan fingerprint density at radius 1 is 0.974 bits per heavy atom. The van der Waals surface area contributed by atoms with Gasteiger partial charge in [0.15, 0.2) is 0 Å². The van der Waals surface area contributed by atoms with Gasteiger partial charge in [-0.05, 0) is 73.7 Å². The van der Waals surface area contributed by atoms with Crippen LogP contribution in [0.2, 0.25) is 0 Å². The van der Waals surface area contributed by atoms with Crippen molar-refractivity contribution in [2.45, 2.75) is 25.7 Å². The highest BCUT2D eigenvalue weighted by Crippen LogP contribution is 2.30. The van der Waals surface area contributed by atoms with Gasteiger partial charge >= 0.3 is 5.97 Å². The molecule has 0 atom stereocenters. The highest BCUT2D eigenvalue weighted by Gasteiger charge is 2.25. The van der Waals surface area contributed by atoms with Crippen LogP contribution in [0.15, 0.2) is 66.7 Å². The Hall–Kier alpha value is -4.60. The van der Waals surface area contributed by atoms with Crippen LogP contribution in [0.3, 0.4) is 0 Å². The third kappa shape index (κ3) is 6.20. The Bertz CT molecular complexity index is 1350. The Labute approximate surface area is 218 Å². The van der Waals surface area contributed by atoms with Crippen LogP contribution in [0, 0.1) is 15.9 Å². The normalized spacial score (nSPS) is 13.6. The Morgan fingerprint density at radius 2 is 1.61 bits per heavy atom. The molecule has 0 radical (unpaired) electrons. The van der Waals surface area contributed by atoms with Gasteiger partial charge in [-0.25, -0.2) is 9.18 Å². The second-order valence-corrected chi connectivity index (χ2v) is 8.90. The van der Waals surface area contributed by atoms with E-state index in [1.807, 2.05) is 12.1 Å². The van der Waals surface area contributed by atoms with Gasteiger partial charge in [-0.2, -0.15) is 0 Å². The maximum atomic E-state index is 13.7. The number of anilines is 1. The molecule has 3 aromatic carbocycles. The number of amides is 2. The van der Waals surface area contributed by atoms with Gasteiger partial charge in [0.05, 0.1) is 23.2 Å². The van der Waals surface area contributed by atoms with Crippen LogP contribution in [0.1, 0.15) is 62.3 Å². The van der Waals surface area contributed by atoms with Gasteiger partial charge in [0.1, 0.15) is 5.82 Å². The molecule has 38 heavy (non-hydrogen) atoms. The summed E-state index contributed by atoms with van der Waals surface area (Å²) in [5, 5.41) is 13.6. The zero-order valence-corrected chi connectivity index (χ0v) is 20.7. The Balaban J connectivity index is 1.32. The van der Waals surface area contributed by atoms with Crippen molar-refractivity contribution in [3.8, 4) is 0 Å². The summed E-state index contributed by atoms with van der Waals surface area (Å²) in [5.74, 6) is -1.79. The molecule has 1 fully saturated rings. The lowest BCUT2D eigenvalue weighted by atomic mass is 9.89. The van der Waals surface area contributed by atoms with Crippen molar-refractivity contribution >= 4 is 29.2 Å². The van der Waals surface area contributed by atoms with Crippen LogP contribution in [-0.4, -0.2) is 47.3 Å². The summed E-state index contributed by atoms with van der Waals surface area (Å²) in [6, 6.07) is 16.4. The van der Waals surface area contributed by atoms with Gasteiger partial charge in [-0.1, -0.05) is 12.1 Å². The fourth-order valence-electron chi connectivity index (χ4n) is 4.41. The molecule has 1 aliphatic rings. The average Bonchev–Trinajstić information content (AvgIpc) is 2.93. The third-order valence-electron chi connectivity index (χ3n) is 6.42. The van der Waals surface area contributed by atoms with Gasteiger partial charge in [-0.3, -0.25) is 19.7 Å². The van der Waals surface area contributed by atoms with E-state index in [0.29, 0.717) is 29.9 Å². The second kappa shape index (κ2) is 11.6. The number of hydrogen-bond donors (Lipinski definition) is 1. The molecule has 2 amide bonds. The quantitative estimate of drug-likeness (QED) is 0.261. The molecule has 10 heteroatoms. The van der Waals surface area contributed by atoms with E-state index >= 15 is 0 Å². The number of nitro benzene ring substituents is 1. The number of likely N-dealkylation sites (tertiary alicyclic amines) is 1. The molecular formula is C28H26FN3O6. The molecular weight excluding hydrogens is 493 g/mol. The van der Waals surface area contributed by atoms with Gasteiger partial charge in [0.2, 0.25) is 0 Å². The number of rotatable bonds is 7. The summed E-state index contributed by atoms with van der Waals surface area (Å²) in [4.78, 5) is 49.1. The molecule has 0 aromatic heterocycles. The number of nitrogens with zero attached hydrogens (tertiary/aromatic N) is 2. The van der Waals surface area contributed by atoms with Crippen molar-refractivity contribution in [1.82, 2.24) is 4.90 Å². The van der Waals surface area contributed by atoms with Gasteiger partial charge in [0.25, 0.3) is 17.5 Å². The van der Waals surface area contributed by atoms with E-state index in [2.05, 4.69) is 5.32 Å². The maximum Gasteiger partial charge on any atom is 0.338 e. The van der Waals surface area contributed by atoms with Crippen LogP contribution < -0.4 is 5.32 Å². The number of ether oxygens (including phenoxy) is 1. The van der Waals surface area contributed by atoms with Crippen molar-refractivity contribution in [1.29, 1.82) is 0 Å². The molecule has 0 saturated carbocycles. The van der Waals surface area contributed by atoms with E-state index in [0.717, 1.165) is 36.6 Å². The molecule has 3 aromatic rings. The number of non-ortho nitro benzene ring substituents is 1. The molecule has 0 spiro atoms. The van der Waals surface area contributed by atoms with Crippen LogP contribution in [0.5, 0.6) is 0 Å². The minimum atomic E-state index is -0.863. The van der Waals surface area contributed by atoms with E-state index in [4.69, 9.17) is 4.74 Å². The van der Waals surface area contributed by atoms with Gasteiger partial charge in [0, 0.05) is 36.0 Å². The minimum Gasteiger partial charge on any atom is -0.462 e. The van der Waals surface area contributed by atoms with E-state index in [1.165, 1.54) is 0 Å². The largest absolute Gasteiger partial charge is 0.462 e. The molecule has 1 saturated heterocycles. The number of benzene rings is 3. The first-order valence-electron chi connectivity index (χ1n) is 12.2. The van der Waals surface area contributed by atoms with Crippen molar-refractivity contribution in [2.75, 3.05) is 25.0 Å². The first-order valence-corrected chi connectivity index (χ1v) is 12.2. The van der Waals surface area contributed by atoms with Gasteiger partial charge in [-0.15, -0.1) is 0 Å². The number of esters is 1. The number of nitro groups is 1. The van der Waals surface area contributed by atoms with Crippen LogP contribution in [-0.2, 0) is 4.74 Å². The molecule has 1 aliphatic heterocycles. The topological polar surface area (TPSA) is 119 Å². The highest BCUT2D eigenvalue weighted by atomic mass is 19.1. The first-order chi connectivity index (χ1) is 18.2. The predicted molar refractivity (Wildman–Crippen MR) is 138 cm³/mol. The zero-order chi connectivity index (χ0) is 27.2. The molecule has 0 aliphatic carbocycles. The fourth-order valence-corrected chi connectivity index (χ4v) is 4.41. The van der Waals surface area contributed by atoms with Crippen LogP contribution in [0.25, 0.3) is 0 Å². The third-order valence-corrected chi connectivity index (χ3v) is 6.42. The van der Waals surface area contributed by atoms with Crippen molar-refractivity contribution in [3.05, 3.63) is 105 Å². The Kier molecular flexibility index (Phi) is 8.10. The Morgan fingerprint density at radius 3 is 2.21 bits per heavy atom. The van der Waals surface area contributed by atoms with Crippen molar-refractivity contribution in [2.24, 2.45) is 0 Å². The fraction of sp³-hybridized carbons (Fsp3) is 0.250. The molecule has 196 valence electrons. The number of carbonyl (C=O) groups is 3. The average molecular weight is 520 g/mol. The minimum absolute atomic E-state index is 0.0884. The summed E-state index contributed by atoms with van der Waals surface area (Å²) in [7, 11) is 0. The second-order valence-electron chi connectivity index (χ2n) is 8.90. The summed E-state index contributed by atoms with van der Waals surface area (Å²) in [6.45, 7) is 3.19. The predicted octanol–water partition coefficient (Wildman–Crippen LogP) is 5.18. The molecule has 0 unspecified atom stereocenters. The smallest absolute Gasteiger partial charge is 0.338 e. The van der Waals surface area contributed by atoms with Gasteiger partial charge < -0.3 is 15.0 Å². The van der Waals surface area contributed by atoms with Crippen LogP contribution in [0.4, 0.5) is 15.8 Å². The van der Waals surface area contributed by atoms with Crippen LogP contribution >= 0.6 is 0 Å². The molecule has 9 nitrogen and oxygen atoms in total. The maximum absolute atomic E-state index is 13.7.